The average Bonchev–Trinajstić information content (AvgIpc) is 3.48. The van der Waals surface area contributed by atoms with Crippen molar-refractivity contribution >= 4 is 29.0 Å². The van der Waals surface area contributed by atoms with E-state index in [2.05, 4.69) is 23.2 Å². The normalized spacial score (nSPS) is 20.7. The van der Waals surface area contributed by atoms with Crippen molar-refractivity contribution in [1.82, 2.24) is 9.99 Å². The number of carbonyl (C=O) groups is 1. The van der Waals surface area contributed by atoms with Gasteiger partial charge in [0, 0.05) is 5.92 Å². The van der Waals surface area contributed by atoms with Crippen LogP contribution in [0.2, 0.25) is 0 Å². The van der Waals surface area contributed by atoms with Crippen molar-refractivity contribution in [3.63, 3.8) is 0 Å². The number of aryl methyl sites for hydroxylation is 1. The number of benzene rings is 2. The monoisotopic (exact) mass is 473 g/mol. The minimum atomic E-state index is -0.158. The lowest BCUT2D eigenvalue weighted by atomic mass is 9.77. The molecule has 2 heterocycles. The lowest BCUT2D eigenvalue weighted by Gasteiger charge is -2.29. The summed E-state index contributed by atoms with van der Waals surface area (Å²) >= 11 is 1.37. The topological polar surface area (TPSA) is 64.0 Å². The Labute approximate surface area is 203 Å². The number of methoxy groups -OCH3 is 2. The van der Waals surface area contributed by atoms with Gasteiger partial charge in [0.25, 0.3) is 5.91 Å². The molecule has 5 rings (SSSR count). The molecule has 34 heavy (non-hydrogen) atoms. The van der Waals surface area contributed by atoms with Crippen LogP contribution in [-0.2, 0) is 0 Å². The van der Waals surface area contributed by atoms with E-state index in [0.717, 1.165) is 53.3 Å². The van der Waals surface area contributed by atoms with E-state index in [1.165, 1.54) is 16.9 Å². The Morgan fingerprint density at radius 1 is 1.06 bits per heavy atom. The summed E-state index contributed by atoms with van der Waals surface area (Å²) in [7, 11) is 3.33. The van der Waals surface area contributed by atoms with Gasteiger partial charge in [0.1, 0.15) is 16.4 Å². The minimum absolute atomic E-state index is 0.0912. The quantitative estimate of drug-likeness (QED) is 0.462. The number of hydrogen-bond donors (Lipinski definition) is 0. The van der Waals surface area contributed by atoms with Crippen molar-refractivity contribution in [2.75, 3.05) is 14.2 Å². The van der Waals surface area contributed by atoms with Crippen LogP contribution in [0, 0.1) is 12.8 Å². The first-order valence-electron chi connectivity index (χ1n) is 11.4. The van der Waals surface area contributed by atoms with E-state index in [4.69, 9.17) is 14.6 Å². The fourth-order valence-corrected chi connectivity index (χ4v) is 5.55. The van der Waals surface area contributed by atoms with Gasteiger partial charge in [-0.3, -0.25) is 4.79 Å². The highest BCUT2D eigenvalue weighted by molar-refractivity contribution is 7.11. The number of hydrogen-bond acceptors (Lipinski definition) is 6. The van der Waals surface area contributed by atoms with Crippen LogP contribution in [0.4, 0.5) is 0 Å². The minimum Gasteiger partial charge on any atom is -0.497 e. The lowest BCUT2D eigenvalue weighted by Crippen LogP contribution is -2.31. The van der Waals surface area contributed by atoms with Crippen molar-refractivity contribution in [3.05, 3.63) is 81.3 Å². The van der Waals surface area contributed by atoms with Gasteiger partial charge >= 0.3 is 0 Å². The molecule has 0 unspecified atom stereocenters. The average molecular weight is 474 g/mol. The molecule has 6 nitrogen and oxygen atoms in total. The molecule has 7 heteroatoms. The van der Waals surface area contributed by atoms with Gasteiger partial charge in [-0.25, -0.2) is 9.99 Å². The van der Waals surface area contributed by atoms with Crippen molar-refractivity contribution in [2.45, 2.75) is 32.2 Å². The predicted molar refractivity (Wildman–Crippen MR) is 135 cm³/mol. The summed E-state index contributed by atoms with van der Waals surface area (Å²) in [6.07, 6.45) is 5.18. The largest absolute Gasteiger partial charge is 0.497 e. The fourth-order valence-electron chi connectivity index (χ4n) is 4.81. The van der Waals surface area contributed by atoms with E-state index in [0.29, 0.717) is 4.88 Å². The zero-order chi connectivity index (χ0) is 23.7. The molecule has 1 aliphatic heterocycles. The highest BCUT2D eigenvalue weighted by atomic mass is 32.1. The molecule has 0 spiro atoms. The molecule has 174 valence electrons. The molecule has 0 saturated heterocycles. The number of aromatic nitrogens is 1. The summed E-state index contributed by atoms with van der Waals surface area (Å²) in [5, 5.41) is 6.66. The second-order valence-corrected chi connectivity index (χ2v) is 9.42. The second-order valence-electron chi connectivity index (χ2n) is 8.56. The Morgan fingerprint density at radius 2 is 1.74 bits per heavy atom. The van der Waals surface area contributed by atoms with Crippen molar-refractivity contribution in [1.29, 1.82) is 0 Å². The van der Waals surface area contributed by atoms with Crippen molar-refractivity contribution in [3.8, 4) is 11.5 Å². The standard InChI is InChI=1S/C27H27N3O3S/c1-17-26(34-16-28-17)27(31)30-25(19-9-13-22(33-3)14-10-19)23-6-4-5-20(24(23)29-30)15-18-7-11-21(32-2)12-8-18/h7-16,23,25H,4-6H2,1-3H3/b20-15+/t23-,25+/m0/s1. The molecule has 0 radical (unpaired) electrons. The zero-order valence-electron chi connectivity index (χ0n) is 19.5. The van der Waals surface area contributed by atoms with Gasteiger partial charge in [0.2, 0.25) is 0 Å². The molecule has 2 aromatic carbocycles. The summed E-state index contributed by atoms with van der Waals surface area (Å²) in [6.45, 7) is 1.87. The lowest BCUT2D eigenvalue weighted by molar-refractivity contribution is 0.0685. The molecule has 0 bridgehead atoms. The van der Waals surface area contributed by atoms with Gasteiger partial charge in [0.15, 0.2) is 0 Å². The van der Waals surface area contributed by atoms with Crippen LogP contribution in [0.15, 0.2) is 64.7 Å². The van der Waals surface area contributed by atoms with Crippen LogP contribution in [0.3, 0.4) is 0 Å². The number of rotatable bonds is 5. The number of ether oxygens (including phenoxy) is 2. The first kappa shape index (κ1) is 22.3. The number of nitrogens with zero attached hydrogens (tertiary/aromatic N) is 3. The number of amides is 1. The molecule has 0 N–H and O–H groups in total. The third-order valence-electron chi connectivity index (χ3n) is 6.56. The molecule has 2 aliphatic rings. The maximum Gasteiger partial charge on any atom is 0.286 e. The Hall–Kier alpha value is -3.45. The number of fused-ring (bicyclic) bond motifs is 1. The number of hydrazone groups is 1. The summed E-state index contributed by atoms with van der Waals surface area (Å²) in [4.78, 5) is 18.6. The molecule has 1 aromatic heterocycles. The van der Waals surface area contributed by atoms with Crippen LogP contribution < -0.4 is 9.47 Å². The summed E-state index contributed by atoms with van der Waals surface area (Å²) in [5.74, 6) is 1.68. The van der Waals surface area contributed by atoms with Crippen LogP contribution in [0.5, 0.6) is 11.5 Å². The SMILES string of the molecule is COc1ccc(/C=C2\CCC[C@H]3C2=NN(C(=O)c2scnc2C)[C@@H]3c2ccc(OC)cc2)cc1. The Kier molecular flexibility index (Phi) is 6.20. The van der Waals surface area contributed by atoms with E-state index in [1.54, 1.807) is 24.7 Å². The fraction of sp³-hybridized carbons (Fsp3) is 0.296. The van der Waals surface area contributed by atoms with Crippen LogP contribution in [0.1, 0.15) is 51.8 Å². The van der Waals surface area contributed by atoms with Crippen LogP contribution in [-0.4, -0.2) is 35.8 Å². The summed E-state index contributed by atoms with van der Waals surface area (Å²) < 4.78 is 10.6. The second kappa shape index (κ2) is 9.43. The summed E-state index contributed by atoms with van der Waals surface area (Å²) in [6, 6.07) is 15.9. The molecule has 3 aromatic rings. The number of allylic oxidation sites excluding steroid dienone is 1. The number of carbonyl (C=O) groups excluding carboxylic acids is 1. The number of thiazole rings is 1. The smallest absolute Gasteiger partial charge is 0.286 e. The Balaban J connectivity index is 1.55. The zero-order valence-corrected chi connectivity index (χ0v) is 20.3. The Bertz CT molecular complexity index is 1240. The molecular formula is C27H27N3O3S. The van der Waals surface area contributed by atoms with Gasteiger partial charge in [-0.1, -0.05) is 24.3 Å². The van der Waals surface area contributed by atoms with Gasteiger partial charge in [0.05, 0.1) is 37.2 Å². The highest BCUT2D eigenvalue weighted by Crippen LogP contribution is 2.45. The van der Waals surface area contributed by atoms with Crippen LogP contribution >= 0.6 is 11.3 Å². The molecular weight excluding hydrogens is 446 g/mol. The van der Waals surface area contributed by atoms with Gasteiger partial charge in [-0.15, -0.1) is 11.3 Å². The van der Waals surface area contributed by atoms with Crippen LogP contribution in [0.25, 0.3) is 6.08 Å². The first-order chi connectivity index (χ1) is 16.6. The summed E-state index contributed by atoms with van der Waals surface area (Å²) in [5.41, 5.74) is 6.83. The van der Waals surface area contributed by atoms with E-state index in [-0.39, 0.29) is 17.9 Å². The van der Waals surface area contributed by atoms with E-state index >= 15 is 0 Å². The van der Waals surface area contributed by atoms with Crippen molar-refractivity contribution < 1.29 is 14.3 Å². The van der Waals surface area contributed by atoms with E-state index in [1.807, 2.05) is 43.3 Å². The molecule has 1 amide bonds. The molecule has 2 atom stereocenters. The molecule has 1 aliphatic carbocycles. The molecule has 1 fully saturated rings. The van der Waals surface area contributed by atoms with E-state index < -0.39 is 0 Å². The van der Waals surface area contributed by atoms with E-state index in [9.17, 15) is 4.79 Å². The maximum absolute atomic E-state index is 13.6. The Morgan fingerprint density at radius 3 is 2.35 bits per heavy atom. The third-order valence-corrected chi connectivity index (χ3v) is 7.48. The maximum atomic E-state index is 13.6. The van der Waals surface area contributed by atoms with Crippen molar-refractivity contribution in [2.24, 2.45) is 11.0 Å². The molecule has 1 saturated carbocycles. The first-order valence-corrected chi connectivity index (χ1v) is 12.3. The van der Waals surface area contributed by atoms with Gasteiger partial charge < -0.3 is 9.47 Å². The van der Waals surface area contributed by atoms with Gasteiger partial charge in [-0.2, -0.15) is 5.10 Å². The highest BCUT2D eigenvalue weighted by Gasteiger charge is 2.44. The third kappa shape index (κ3) is 4.12. The van der Waals surface area contributed by atoms with Gasteiger partial charge in [-0.05, 0) is 73.2 Å². The predicted octanol–water partition coefficient (Wildman–Crippen LogP) is 5.91.